The Hall–Kier alpha value is -1.29. The fourth-order valence-electron chi connectivity index (χ4n) is 1.48. The molecule has 0 radical (unpaired) electrons. The van der Waals surface area contributed by atoms with E-state index < -0.39 is 0 Å². The van der Waals surface area contributed by atoms with E-state index in [2.05, 4.69) is 0 Å². The zero-order chi connectivity index (χ0) is 11.3. The lowest BCUT2D eigenvalue weighted by Gasteiger charge is -2.12. The van der Waals surface area contributed by atoms with E-state index in [0.29, 0.717) is 18.0 Å². The maximum absolute atomic E-state index is 13.1. The van der Waals surface area contributed by atoms with Gasteiger partial charge < -0.3 is 15.2 Å². The minimum atomic E-state index is -0.361. The summed E-state index contributed by atoms with van der Waals surface area (Å²) < 4.78 is 23.3. The van der Waals surface area contributed by atoms with Gasteiger partial charge in [-0.1, -0.05) is 0 Å². The van der Waals surface area contributed by atoms with Crippen molar-refractivity contribution >= 4 is 0 Å². The third-order valence-electron chi connectivity index (χ3n) is 2.20. The van der Waals surface area contributed by atoms with Crippen LogP contribution >= 0.6 is 0 Å². The highest BCUT2D eigenvalue weighted by molar-refractivity contribution is 5.45. The maximum atomic E-state index is 13.1. The standard InChI is InChI=1S/C11H16FNO2/c1-14-10-6-8(12)7-11(15-2)9(10)4-3-5-13/h6-7H,3-5,13H2,1-2H3. The Labute approximate surface area is 89.0 Å². The Balaban J connectivity index is 3.06. The number of halogens is 1. The Morgan fingerprint density at radius 1 is 1.20 bits per heavy atom. The van der Waals surface area contributed by atoms with Crippen LogP contribution in [0.15, 0.2) is 12.1 Å². The third kappa shape index (κ3) is 2.83. The van der Waals surface area contributed by atoms with E-state index in [1.807, 2.05) is 0 Å². The average molecular weight is 213 g/mol. The number of nitrogens with two attached hydrogens (primary N) is 1. The van der Waals surface area contributed by atoms with E-state index in [-0.39, 0.29) is 5.82 Å². The van der Waals surface area contributed by atoms with Gasteiger partial charge in [0.05, 0.1) is 14.2 Å². The van der Waals surface area contributed by atoms with Crippen molar-refractivity contribution in [3.63, 3.8) is 0 Å². The molecular formula is C11H16FNO2. The van der Waals surface area contributed by atoms with Crippen LogP contribution in [0.5, 0.6) is 11.5 Å². The molecule has 0 spiro atoms. The summed E-state index contributed by atoms with van der Waals surface area (Å²) in [6, 6.07) is 2.71. The van der Waals surface area contributed by atoms with Gasteiger partial charge in [-0.25, -0.2) is 4.39 Å². The largest absolute Gasteiger partial charge is 0.496 e. The van der Waals surface area contributed by atoms with Crippen LogP contribution in [0.1, 0.15) is 12.0 Å². The van der Waals surface area contributed by atoms with Crippen molar-refractivity contribution in [2.24, 2.45) is 5.73 Å². The highest BCUT2D eigenvalue weighted by Gasteiger charge is 2.11. The molecule has 0 bridgehead atoms. The topological polar surface area (TPSA) is 44.5 Å². The molecule has 4 heteroatoms. The van der Waals surface area contributed by atoms with Gasteiger partial charge in [0.15, 0.2) is 0 Å². The highest BCUT2D eigenvalue weighted by atomic mass is 19.1. The first-order valence-corrected chi connectivity index (χ1v) is 4.83. The van der Waals surface area contributed by atoms with E-state index in [1.165, 1.54) is 26.4 Å². The van der Waals surface area contributed by atoms with E-state index in [1.54, 1.807) is 0 Å². The average Bonchev–Trinajstić information content (AvgIpc) is 2.26. The molecular weight excluding hydrogens is 197 g/mol. The second-order valence-electron chi connectivity index (χ2n) is 3.18. The minimum Gasteiger partial charge on any atom is -0.496 e. The van der Waals surface area contributed by atoms with Crippen LogP contribution in [0, 0.1) is 5.82 Å². The highest BCUT2D eigenvalue weighted by Crippen LogP contribution is 2.30. The number of hydrogen-bond donors (Lipinski definition) is 1. The summed E-state index contributed by atoms with van der Waals surface area (Å²) >= 11 is 0. The van der Waals surface area contributed by atoms with E-state index >= 15 is 0 Å². The quantitative estimate of drug-likeness (QED) is 0.810. The van der Waals surface area contributed by atoms with Crippen molar-refractivity contribution in [1.29, 1.82) is 0 Å². The molecule has 0 saturated heterocycles. The molecule has 0 amide bonds. The lowest BCUT2D eigenvalue weighted by atomic mass is 10.1. The van der Waals surface area contributed by atoms with Gasteiger partial charge in [0, 0.05) is 17.7 Å². The molecule has 15 heavy (non-hydrogen) atoms. The summed E-state index contributed by atoms with van der Waals surface area (Å²) in [6.45, 7) is 0.587. The molecule has 0 aromatic heterocycles. The Morgan fingerprint density at radius 2 is 1.73 bits per heavy atom. The smallest absolute Gasteiger partial charge is 0.130 e. The molecule has 0 aliphatic carbocycles. The van der Waals surface area contributed by atoms with Gasteiger partial charge in [-0.05, 0) is 19.4 Å². The fraction of sp³-hybridized carbons (Fsp3) is 0.455. The van der Waals surface area contributed by atoms with Gasteiger partial charge in [-0.3, -0.25) is 0 Å². The van der Waals surface area contributed by atoms with Crippen molar-refractivity contribution in [2.45, 2.75) is 12.8 Å². The van der Waals surface area contributed by atoms with Crippen LogP contribution in [0.25, 0.3) is 0 Å². The van der Waals surface area contributed by atoms with Gasteiger partial charge in [-0.15, -0.1) is 0 Å². The van der Waals surface area contributed by atoms with Gasteiger partial charge in [-0.2, -0.15) is 0 Å². The maximum Gasteiger partial charge on any atom is 0.130 e. The van der Waals surface area contributed by atoms with E-state index in [4.69, 9.17) is 15.2 Å². The van der Waals surface area contributed by atoms with Crippen LogP contribution in [0.2, 0.25) is 0 Å². The molecule has 0 atom stereocenters. The number of methoxy groups -OCH3 is 2. The van der Waals surface area contributed by atoms with Crippen LogP contribution in [0.3, 0.4) is 0 Å². The lowest BCUT2D eigenvalue weighted by Crippen LogP contribution is -2.03. The molecule has 0 saturated carbocycles. The molecule has 0 unspecified atom stereocenters. The molecule has 1 aromatic rings. The fourth-order valence-corrected chi connectivity index (χ4v) is 1.48. The van der Waals surface area contributed by atoms with Crippen molar-refractivity contribution in [2.75, 3.05) is 20.8 Å². The number of hydrogen-bond acceptors (Lipinski definition) is 3. The van der Waals surface area contributed by atoms with Crippen molar-refractivity contribution in [3.05, 3.63) is 23.5 Å². The second kappa shape index (κ2) is 5.56. The molecule has 0 aliphatic rings. The minimum absolute atomic E-state index is 0.361. The summed E-state index contributed by atoms with van der Waals surface area (Å²) in [6.07, 6.45) is 1.54. The zero-order valence-corrected chi connectivity index (χ0v) is 9.05. The zero-order valence-electron chi connectivity index (χ0n) is 9.05. The first kappa shape index (κ1) is 11.8. The van der Waals surface area contributed by atoms with Crippen LogP contribution < -0.4 is 15.2 Å². The van der Waals surface area contributed by atoms with Crippen molar-refractivity contribution in [1.82, 2.24) is 0 Å². The molecule has 0 aliphatic heterocycles. The van der Waals surface area contributed by atoms with Gasteiger partial charge >= 0.3 is 0 Å². The monoisotopic (exact) mass is 213 g/mol. The number of benzene rings is 1. The molecule has 0 fully saturated rings. The third-order valence-corrected chi connectivity index (χ3v) is 2.20. The number of rotatable bonds is 5. The molecule has 1 aromatic carbocycles. The Bertz CT molecular complexity index is 303. The first-order valence-electron chi connectivity index (χ1n) is 4.83. The van der Waals surface area contributed by atoms with Crippen molar-refractivity contribution in [3.8, 4) is 11.5 Å². The van der Waals surface area contributed by atoms with Gasteiger partial charge in [0.1, 0.15) is 17.3 Å². The van der Waals surface area contributed by atoms with Crippen LogP contribution in [-0.4, -0.2) is 20.8 Å². The van der Waals surface area contributed by atoms with Crippen LogP contribution in [0.4, 0.5) is 4.39 Å². The Kier molecular flexibility index (Phi) is 4.37. The summed E-state index contributed by atoms with van der Waals surface area (Å²) in [5.74, 6) is 0.667. The predicted molar refractivity (Wildman–Crippen MR) is 56.9 cm³/mol. The summed E-state index contributed by atoms with van der Waals surface area (Å²) in [5.41, 5.74) is 6.30. The SMILES string of the molecule is COc1cc(F)cc(OC)c1CCCN. The van der Waals surface area contributed by atoms with Gasteiger partial charge in [0.25, 0.3) is 0 Å². The van der Waals surface area contributed by atoms with Gasteiger partial charge in [0.2, 0.25) is 0 Å². The van der Waals surface area contributed by atoms with E-state index in [9.17, 15) is 4.39 Å². The van der Waals surface area contributed by atoms with Crippen LogP contribution in [-0.2, 0) is 6.42 Å². The molecule has 1 rings (SSSR count). The lowest BCUT2D eigenvalue weighted by molar-refractivity contribution is 0.379. The summed E-state index contributed by atoms with van der Waals surface area (Å²) in [4.78, 5) is 0. The Morgan fingerprint density at radius 3 is 2.13 bits per heavy atom. The predicted octanol–water partition coefficient (Wildman–Crippen LogP) is 1.73. The normalized spacial score (nSPS) is 10.1. The van der Waals surface area contributed by atoms with Crippen molar-refractivity contribution < 1.29 is 13.9 Å². The molecule has 0 heterocycles. The summed E-state index contributed by atoms with van der Waals surface area (Å²) in [7, 11) is 3.03. The molecule has 84 valence electrons. The molecule has 3 nitrogen and oxygen atoms in total. The number of ether oxygens (including phenoxy) is 2. The second-order valence-corrected chi connectivity index (χ2v) is 3.18. The van der Waals surface area contributed by atoms with E-state index in [0.717, 1.165) is 18.4 Å². The molecule has 2 N–H and O–H groups in total. The summed E-state index contributed by atoms with van der Waals surface area (Å²) in [5, 5.41) is 0. The first-order chi connectivity index (χ1) is 7.22.